The number of hydrogen-bond donors (Lipinski definition) is 1. The van der Waals surface area contributed by atoms with Gasteiger partial charge in [0.25, 0.3) is 0 Å². The van der Waals surface area contributed by atoms with Crippen molar-refractivity contribution >= 4 is 17.4 Å². The summed E-state index contributed by atoms with van der Waals surface area (Å²) in [5.74, 6) is 0.381. The van der Waals surface area contributed by atoms with Crippen molar-refractivity contribution in [2.45, 2.75) is 26.5 Å². The van der Waals surface area contributed by atoms with Crippen molar-refractivity contribution in [1.29, 1.82) is 0 Å². The summed E-state index contributed by atoms with van der Waals surface area (Å²) < 4.78 is 30.8. The van der Waals surface area contributed by atoms with Gasteiger partial charge in [-0.1, -0.05) is 23.7 Å². The van der Waals surface area contributed by atoms with Crippen LogP contribution in [-0.4, -0.2) is 21.6 Å². The van der Waals surface area contributed by atoms with Crippen molar-refractivity contribution in [2.75, 3.05) is 5.73 Å². The highest BCUT2D eigenvalue weighted by Crippen LogP contribution is 2.26. The molecule has 0 spiro atoms. The molecule has 0 amide bonds. The molecule has 2 N–H and O–H groups in total. The van der Waals surface area contributed by atoms with Gasteiger partial charge in [0.05, 0.1) is 12.2 Å². The molecule has 0 saturated heterocycles. The second-order valence-electron chi connectivity index (χ2n) is 4.06. The number of anilines is 1. The Bertz CT molecular complexity index is 603. The lowest BCUT2D eigenvalue weighted by Crippen LogP contribution is -2.10. The zero-order valence-electron chi connectivity index (χ0n) is 10.7. The van der Waals surface area contributed by atoms with E-state index in [1.54, 1.807) is 10.7 Å². The lowest BCUT2D eigenvalue weighted by molar-refractivity contribution is -0.0505. The van der Waals surface area contributed by atoms with Crippen LogP contribution in [0, 0.1) is 0 Å². The van der Waals surface area contributed by atoms with E-state index >= 15 is 0 Å². The highest BCUT2D eigenvalue weighted by atomic mass is 35.5. The van der Waals surface area contributed by atoms with Crippen LogP contribution in [0.25, 0.3) is 0 Å². The Balaban J connectivity index is 2.34. The summed E-state index contributed by atoms with van der Waals surface area (Å²) in [5.41, 5.74) is 6.90. The lowest BCUT2D eigenvalue weighted by Gasteiger charge is -2.12. The van der Waals surface area contributed by atoms with Crippen LogP contribution in [0.4, 0.5) is 14.6 Å². The van der Waals surface area contributed by atoms with Crippen molar-refractivity contribution in [3.8, 4) is 5.75 Å². The number of hydrogen-bond acceptors (Lipinski definition) is 4. The molecule has 0 aliphatic rings. The van der Waals surface area contributed by atoms with E-state index < -0.39 is 6.61 Å². The van der Waals surface area contributed by atoms with Crippen LogP contribution >= 0.6 is 11.6 Å². The Morgan fingerprint density at radius 1 is 1.45 bits per heavy atom. The van der Waals surface area contributed by atoms with Gasteiger partial charge in [0.1, 0.15) is 5.75 Å². The van der Waals surface area contributed by atoms with Crippen LogP contribution in [-0.2, 0) is 13.0 Å². The molecule has 20 heavy (non-hydrogen) atoms. The molecule has 0 saturated carbocycles. The summed E-state index contributed by atoms with van der Waals surface area (Å²) in [6.07, 6.45) is 0.629. The van der Waals surface area contributed by atoms with Crippen molar-refractivity contribution in [1.82, 2.24) is 15.0 Å². The Kier molecular flexibility index (Phi) is 4.39. The maximum absolute atomic E-state index is 12.4. The first kappa shape index (κ1) is 14.5. The molecule has 2 rings (SSSR count). The number of aromatic nitrogens is 3. The first-order valence-corrected chi connectivity index (χ1v) is 6.30. The van der Waals surface area contributed by atoms with Gasteiger partial charge in [-0.15, -0.1) is 5.10 Å². The SMILES string of the molecule is CCc1c(N)nnn1Cc1cc(Cl)ccc1OC(F)F. The Hall–Kier alpha value is -1.89. The van der Waals surface area contributed by atoms with Gasteiger partial charge in [-0.3, -0.25) is 0 Å². The van der Waals surface area contributed by atoms with Gasteiger partial charge < -0.3 is 10.5 Å². The van der Waals surface area contributed by atoms with Crippen LogP contribution in [0.15, 0.2) is 18.2 Å². The zero-order valence-corrected chi connectivity index (χ0v) is 11.4. The van der Waals surface area contributed by atoms with Gasteiger partial charge in [-0.25, -0.2) is 4.68 Å². The average molecular weight is 303 g/mol. The molecule has 0 aliphatic heterocycles. The van der Waals surface area contributed by atoms with Crippen LogP contribution in [0.1, 0.15) is 18.2 Å². The molecule has 1 heterocycles. The molecule has 2 aromatic rings. The Labute approximate surface area is 119 Å². The molecule has 108 valence electrons. The predicted molar refractivity (Wildman–Crippen MR) is 71.0 cm³/mol. The largest absolute Gasteiger partial charge is 0.434 e. The normalized spacial score (nSPS) is 11.1. The highest BCUT2D eigenvalue weighted by Gasteiger charge is 2.14. The summed E-state index contributed by atoms with van der Waals surface area (Å²) in [7, 11) is 0. The first-order chi connectivity index (χ1) is 9.51. The van der Waals surface area contributed by atoms with Crippen molar-refractivity contribution < 1.29 is 13.5 Å². The topological polar surface area (TPSA) is 66.0 Å². The van der Waals surface area contributed by atoms with Crippen molar-refractivity contribution in [2.24, 2.45) is 0 Å². The molecular formula is C12H13ClF2N4O. The smallest absolute Gasteiger partial charge is 0.387 e. The molecule has 0 atom stereocenters. The standard InChI is InChI=1S/C12H13ClF2N4O/c1-2-9-11(16)17-18-19(9)6-7-5-8(13)3-4-10(7)20-12(14)15/h3-5,12H,2,6,16H2,1H3. The van der Waals surface area contributed by atoms with Gasteiger partial charge in [0.15, 0.2) is 5.82 Å². The van der Waals surface area contributed by atoms with Crippen LogP contribution in [0.3, 0.4) is 0 Å². The minimum atomic E-state index is -2.90. The minimum absolute atomic E-state index is 0.0560. The van der Waals surface area contributed by atoms with Crippen LogP contribution in [0.5, 0.6) is 5.75 Å². The minimum Gasteiger partial charge on any atom is -0.434 e. The molecule has 0 unspecified atom stereocenters. The molecule has 0 fully saturated rings. The van der Waals surface area contributed by atoms with E-state index in [9.17, 15) is 8.78 Å². The van der Waals surface area contributed by atoms with Gasteiger partial charge in [-0.2, -0.15) is 8.78 Å². The van der Waals surface area contributed by atoms with Gasteiger partial charge in [0, 0.05) is 10.6 Å². The fourth-order valence-electron chi connectivity index (χ4n) is 1.88. The van der Waals surface area contributed by atoms with Gasteiger partial charge >= 0.3 is 6.61 Å². The van der Waals surface area contributed by atoms with E-state index in [4.69, 9.17) is 17.3 Å². The molecule has 5 nitrogen and oxygen atoms in total. The van der Waals surface area contributed by atoms with E-state index in [2.05, 4.69) is 15.0 Å². The van der Waals surface area contributed by atoms with E-state index in [1.807, 2.05) is 6.92 Å². The fraction of sp³-hybridized carbons (Fsp3) is 0.333. The molecule has 1 aromatic heterocycles. The molecule has 0 aliphatic carbocycles. The average Bonchev–Trinajstić information content (AvgIpc) is 2.73. The fourth-order valence-corrected chi connectivity index (χ4v) is 2.08. The summed E-state index contributed by atoms with van der Waals surface area (Å²) in [6.45, 7) is -0.794. The number of nitrogen functional groups attached to an aromatic ring is 1. The van der Waals surface area contributed by atoms with Gasteiger partial charge in [-0.05, 0) is 24.6 Å². The van der Waals surface area contributed by atoms with Gasteiger partial charge in [0.2, 0.25) is 0 Å². The number of benzene rings is 1. The lowest BCUT2D eigenvalue weighted by atomic mass is 10.2. The highest BCUT2D eigenvalue weighted by molar-refractivity contribution is 6.30. The maximum Gasteiger partial charge on any atom is 0.387 e. The number of nitrogens with zero attached hydrogens (tertiary/aromatic N) is 3. The monoisotopic (exact) mass is 302 g/mol. The predicted octanol–water partition coefficient (Wildman–Crippen LogP) is 2.73. The molecule has 0 radical (unpaired) electrons. The molecule has 1 aromatic carbocycles. The van der Waals surface area contributed by atoms with E-state index in [1.165, 1.54) is 12.1 Å². The molecular weight excluding hydrogens is 290 g/mol. The number of alkyl halides is 2. The second kappa shape index (κ2) is 6.04. The van der Waals surface area contributed by atoms with E-state index in [-0.39, 0.29) is 12.3 Å². The zero-order chi connectivity index (χ0) is 14.7. The maximum atomic E-state index is 12.4. The van der Waals surface area contributed by atoms with Crippen molar-refractivity contribution in [3.63, 3.8) is 0 Å². The summed E-state index contributed by atoms with van der Waals surface area (Å²) in [4.78, 5) is 0. The Morgan fingerprint density at radius 3 is 2.85 bits per heavy atom. The van der Waals surface area contributed by atoms with E-state index in [0.29, 0.717) is 22.8 Å². The van der Waals surface area contributed by atoms with Crippen LogP contribution in [0.2, 0.25) is 5.02 Å². The number of ether oxygens (including phenoxy) is 1. The first-order valence-electron chi connectivity index (χ1n) is 5.92. The quantitative estimate of drug-likeness (QED) is 0.922. The summed E-state index contributed by atoms with van der Waals surface area (Å²) >= 11 is 5.89. The number of halogens is 3. The Morgan fingerprint density at radius 2 is 2.20 bits per heavy atom. The van der Waals surface area contributed by atoms with Crippen molar-refractivity contribution in [3.05, 3.63) is 34.5 Å². The van der Waals surface area contributed by atoms with Crippen LogP contribution < -0.4 is 10.5 Å². The number of nitrogens with two attached hydrogens (primary N) is 1. The third-order valence-electron chi connectivity index (χ3n) is 2.76. The summed E-state index contributed by atoms with van der Waals surface area (Å²) in [5, 5.41) is 8.08. The second-order valence-corrected chi connectivity index (χ2v) is 4.50. The molecule has 0 bridgehead atoms. The molecule has 8 heteroatoms. The third kappa shape index (κ3) is 3.16. The third-order valence-corrected chi connectivity index (χ3v) is 3.00. The number of rotatable bonds is 5. The summed E-state index contributed by atoms with van der Waals surface area (Å²) in [6, 6.07) is 4.44. The van der Waals surface area contributed by atoms with E-state index in [0.717, 1.165) is 5.69 Å².